The summed E-state index contributed by atoms with van der Waals surface area (Å²) in [6.45, 7) is 0.501. The molecule has 0 aromatic heterocycles. The van der Waals surface area contributed by atoms with Crippen LogP contribution in [0.5, 0.6) is 0 Å². The van der Waals surface area contributed by atoms with Gasteiger partial charge in [0.1, 0.15) is 0 Å². The minimum absolute atomic E-state index is 0.0603. The summed E-state index contributed by atoms with van der Waals surface area (Å²) in [4.78, 5) is 25.2. The molecule has 1 aliphatic rings. The van der Waals surface area contributed by atoms with Gasteiger partial charge in [-0.25, -0.2) is 0 Å². The number of carbonyl (C=O) groups excluding carboxylic acids is 1. The maximum absolute atomic E-state index is 12.4. The van der Waals surface area contributed by atoms with E-state index < -0.39 is 11.9 Å². The fourth-order valence-corrected chi connectivity index (χ4v) is 3.27. The molecule has 2 rings (SSSR count). The molecule has 1 aliphatic carbocycles. The zero-order chi connectivity index (χ0) is 14.7. The molecule has 4 nitrogen and oxygen atoms in total. The van der Waals surface area contributed by atoms with Gasteiger partial charge >= 0.3 is 5.97 Å². The van der Waals surface area contributed by atoms with Crippen LogP contribution in [0, 0.1) is 11.8 Å². The minimum Gasteiger partial charge on any atom is -0.481 e. The van der Waals surface area contributed by atoms with E-state index in [4.69, 9.17) is 5.11 Å². The van der Waals surface area contributed by atoms with Crippen molar-refractivity contribution >= 4 is 27.8 Å². The summed E-state index contributed by atoms with van der Waals surface area (Å²) in [6.07, 6.45) is 2.10. The van der Waals surface area contributed by atoms with Gasteiger partial charge in [0.25, 0.3) is 0 Å². The summed E-state index contributed by atoms with van der Waals surface area (Å²) in [7, 11) is 1.74. The summed E-state index contributed by atoms with van der Waals surface area (Å²) >= 11 is 3.40. The molecule has 20 heavy (non-hydrogen) atoms. The van der Waals surface area contributed by atoms with E-state index in [1.54, 1.807) is 11.9 Å². The predicted octanol–water partition coefficient (Wildman–Crippen LogP) is 2.91. The Morgan fingerprint density at radius 3 is 2.70 bits per heavy atom. The van der Waals surface area contributed by atoms with Crippen molar-refractivity contribution in [1.82, 2.24) is 4.90 Å². The summed E-state index contributed by atoms with van der Waals surface area (Å²) in [5.74, 6) is -1.80. The SMILES string of the molecule is CN(Cc1cccc(Br)c1)C(=O)[C@@H]1CCC[C@@H]1C(=O)O. The Morgan fingerprint density at radius 1 is 1.35 bits per heavy atom. The molecule has 1 aromatic rings. The molecule has 0 spiro atoms. The highest BCUT2D eigenvalue weighted by atomic mass is 79.9. The summed E-state index contributed by atoms with van der Waals surface area (Å²) in [5.41, 5.74) is 1.03. The lowest BCUT2D eigenvalue weighted by molar-refractivity contribution is -0.148. The lowest BCUT2D eigenvalue weighted by Gasteiger charge is -2.23. The molecule has 0 heterocycles. The summed E-state index contributed by atoms with van der Waals surface area (Å²) < 4.78 is 0.972. The number of carboxylic acid groups (broad SMARTS) is 1. The fraction of sp³-hybridized carbons (Fsp3) is 0.467. The van der Waals surface area contributed by atoms with Crippen molar-refractivity contribution in [3.05, 3.63) is 34.3 Å². The van der Waals surface area contributed by atoms with Gasteiger partial charge in [-0.05, 0) is 30.5 Å². The molecule has 0 bridgehead atoms. The molecule has 0 saturated heterocycles. The van der Waals surface area contributed by atoms with Crippen LogP contribution in [0.15, 0.2) is 28.7 Å². The molecule has 1 saturated carbocycles. The van der Waals surface area contributed by atoms with E-state index in [-0.39, 0.29) is 11.8 Å². The van der Waals surface area contributed by atoms with E-state index in [2.05, 4.69) is 15.9 Å². The highest BCUT2D eigenvalue weighted by Gasteiger charge is 2.38. The van der Waals surface area contributed by atoms with E-state index in [9.17, 15) is 9.59 Å². The number of amides is 1. The van der Waals surface area contributed by atoms with Crippen LogP contribution in [0.2, 0.25) is 0 Å². The van der Waals surface area contributed by atoms with Gasteiger partial charge in [0.05, 0.1) is 11.8 Å². The summed E-state index contributed by atoms with van der Waals surface area (Å²) in [5, 5.41) is 9.16. The Balaban J connectivity index is 2.03. The van der Waals surface area contributed by atoms with Crippen LogP contribution < -0.4 is 0 Å². The topological polar surface area (TPSA) is 57.6 Å². The van der Waals surface area contributed by atoms with Gasteiger partial charge in [-0.1, -0.05) is 34.5 Å². The molecular weight excluding hydrogens is 322 g/mol. The van der Waals surface area contributed by atoms with Gasteiger partial charge in [0.15, 0.2) is 0 Å². The van der Waals surface area contributed by atoms with Crippen LogP contribution >= 0.6 is 15.9 Å². The molecule has 1 amide bonds. The van der Waals surface area contributed by atoms with Crippen LogP contribution in [0.25, 0.3) is 0 Å². The van der Waals surface area contributed by atoms with Crippen LogP contribution in [-0.4, -0.2) is 28.9 Å². The monoisotopic (exact) mass is 339 g/mol. The molecule has 108 valence electrons. The maximum atomic E-state index is 12.4. The van der Waals surface area contributed by atoms with Crippen LogP contribution in [0.3, 0.4) is 0 Å². The van der Waals surface area contributed by atoms with Crippen molar-refractivity contribution in [2.24, 2.45) is 11.8 Å². The van der Waals surface area contributed by atoms with Crippen molar-refractivity contribution in [3.8, 4) is 0 Å². The van der Waals surface area contributed by atoms with E-state index in [1.807, 2.05) is 24.3 Å². The molecule has 1 N–H and O–H groups in total. The normalized spacial score (nSPS) is 21.7. The number of carbonyl (C=O) groups is 2. The van der Waals surface area contributed by atoms with E-state index in [1.165, 1.54) is 0 Å². The first-order chi connectivity index (χ1) is 9.49. The third-order valence-corrected chi connectivity index (χ3v) is 4.33. The molecule has 1 fully saturated rings. The van der Waals surface area contributed by atoms with Gasteiger partial charge in [0, 0.05) is 18.1 Å². The lowest BCUT2D eigenvalue weighted by Crippen LogP contribution is -2.36. The van der Waals surface area contributed by atoms with E-state index >= 15 is 0 Å². The van der Waals surface area contributed by atoms with Crippen molar-refractivity contribution in [1.29, 1.82) is 0 Å². The Labute approximate surface area is 126 Å². The first kappa shape index (κ1) is 15.0. The number of nitrogens with zero attached hydrogens (tertiary/aromatic N) is 1. The van der Waals surface area contributed by atoms with Crippen LogP contribution in [0.4, 0.5) is 0 Å². The summed E-state index contributed by atoms with van der Waals surface area (Å²) in [6, 6.07) is 7.78. The van der Waals surface area contributed by atoms with Crippen LogP contribution in [0.1, 0.15) is 24.8 Å². The fourth-order valence-electron chi connectivity index (χ4n) is 2.82. The highest BCUT2D eigenvalue weighted by molar-refractivity contribution is 9.10. The largest absolute Gasteiger partial charge is 0.481 e. The Hall–Kier alpha value is -1.36. The number of hydrogen-bond acceptors (Lipinski definition) is 2. The standard InChI is InChI=1S/C15H18BrNO3/c1-17(9-10-4-2-5-11(16)8-10)14(18)12-6-3-7-13(12)15(19)20/h2,4-5,8,12-13H,3,6-7,9H2,1H3,(H,19,20)/t12-,13+/m1/s1. The number of carboxylic acids is 1. The molecule has 2 atom stereocenters. The van der Waals surface area contributed by atoms with Gasteiger partial charge in [0.2, 0.25) is 5.91 Å². The molecule has 5 heteroatoms. The van der Waals surface area contributed by atoms with Gasteiger partial charge < -0.3 is 10.0 Å². The number of hydrogen-bond donors (Lipinski definition) is 1. The van der Waals surface area contributed by atoms with Gasteiger partial charge in [-0.3, -0.25) is 9.59 Å². The first-order valence-electron chi connectivity index (χ1n) is 6.71. The first-order valence-corrected chi connectivity index (χ1v) is 7.50. The van der Waals surface area contributed by atoms with Crippen LogP contribution in [-0.2, 0) is 16.1 Å². The van der Waals surface area contributed by atoms with Crippen molar-refractivity contribution in [3.63, 3.8) is 0 Å². The average molecular weight is 340 g/mol. The highest BCUT2D eigenvalue weighted by Crippen LogP contribution is 2.33. The van der Waals surface area contributed by atoms with Crippen molar-refractivity contribution in [2.75, 3.05) is 7.05 Å². The zero-order valence-electron chi connectivity index (χ0n) is 11.4. The van der Waals surface area contributed by atoms with Crippen molar-refractivity contribution < 1.29 is 14.7 Å². The van der Waals surface area contributed by atoms with Crippen molar-refractivity contribution in [2.45, 2.75) is 25.8 Å². The molecule has 0 unspecified atom stereocenters. The van der Waals surface area contributed by atoms with Gasteiger partial charge in [-0.2, -0.15) is 0 Å². The zero-order valence-corrected chi connectivity index (χ0v) is 13.0. The van der Waals surface area contributed by atoms with Gasteiger partial charge in [-0.15, -0.1) is 0 Å². The lowest BCUT2D eigenvalue weighted by atomic mass is 9.95. The molecule has 0 radical (unpaired) electrons. The number of halogens is 1. The third kappa shape index (κ3) is 3.39. The third-order valence-electron chi connectivity index (χ3n) is 3.84. The molecular formula is C15H18BrNO3. The quantitative estimate of drug-likeness (QED) is 0.917. The molecule has 1 aromatic carbocycles. The molecule has 0 aliphatic heterocycles. The predicted molar refractivity (Wildman–Crippen MR) is 79.1 cm³/mol. The second-order valence-corrected chi connectivity index (χ2v) is 6.22. The Morgan fingerprint density at radius 2 is 2.05 bits per heavy atom. The second kappa shape index (κ2) is 6.39. The number of benzene rings is 1. The number of aliphatic carboxylic acids is 1. The Bertz CT molecular complexity index is 518. The Kier molecular flexibility index (Phi) is 4.81. The second-order valence-electron chi connectivity index (χ2n) is 5.31. The number of rotatable bonds is 4. The maximum Gasteiger partial charge on any atom is 0.307 e. The van der Waals surface area contributed by atoms with E-state index in [0.717, 1.165) is 16.5 Å². The smallest absolute Gasteiger partial charge is 0.307 e. The minimum atomic E-state index is -0.850. The average Bonchev–Trinajstić information content (AvgIpc) is 2.87. The van der Waals surface area contributed by atoms with E-state index in [0.29, 0.717) is 19.4 Å².